The molecule has 0 N–H and O–H groups in total. The Balaban J connectivity index is 1.38. The maximum atomic E-state index is 13.2. The summed E-state index contributed by atoms with van der Waals surface area (Å²) in [7, 11) is 0. The van der Waals surface area contributed by atoms with E-state index < -0.39 is 0 Å². The number of morpholine rings is 1. The van der Waals surface area contributed by atoms with Crippen LogP contribution in [0.15, 0.2) is 0 Å². The van der Waals surface area contributed by atoms with Gasteiger partial charge in [-0.1, -0.05) is 25.7 Å². The van der Waals surface area contributed by atoms with Crippen LogP contribution in [0.3, 0.4) is 0 Å². The minimum absolute atomic E-state index is 0.00243. The number of carbonyl (C=O) groups is 2. The van der Waals surface area contributed by atoms with Crippen molar-refractivity contribution in [3.63, 3.8) is 0 Å². The largest absolute Gasteiger partial charge is 0.371 e. The summed E-state index contributed by atoms with van der Waals surface area (Å²) in [6.07, 6.45) is 11.2. The second-order valence-electron chi connectivity index (χ2n) is 8.60. The molecule has 0 aromatic heterocycles. The molecule has 2 saturated carbocycles. The number of amides is 2. The summed E-state index contributed by atoms with van der Waals surface area (Å²) in [5.41, 5.74) is -0.0946. The van der Waals surface area contributed by atoms with Crippen LogP contribution < -0.4 is 0 Å². The van der Waals surface area contributed by atoms with Gasteiger partial charge in [0, 0.05) is 32.1 Å². The number of ether oxygens (including phenoxy) is 1. The van der Waals surface area contributed by atoms with Crippen LogP contribution in [0.4, 0.5) is 0 Å². The molecule has 4 rings (SSSR count). The quantitative estimate of drug-likeness (QED) is 0.771. The maximum Gasteiger partial charge on any atom is 0.227 e. The third kappa shape index (κ3) is 3.86. The topological polar surface area (TPSA) is 49.9 Å². The summed E-state index contributed by atoms with van der Waals surface area (Å²) in [6, 6.07) is 0. The average molecular weight is 348 g/mol. The second-order valence-corrected chi connectivity index (χ2v) is 8.60. The van der Waals surface area contributed by atoms with Gasteiger partial charge < -0.3 is 14.5 Å². The van der Waals surface area contributed by atoms with Crippen LogP contribution in [-0.2, 0) is 14.3 Å². The molecule has 0 aromatic rings. The minimum Gasteiger partial charge on any atom is -0.371 e. The van der Waals surface area contributed by atoms with Crippen molar-refractivity contribution in [2.45, 2.75) is 69.8 Å². The van der Waals surface area contributed by atoms with Gasteiger partial charge in [0.25, 0.3) is 0 Å². The lowest BCUT2D eigenvalue weighted by Gasteiger charge is -2.44. The third-order valence-corrected chi connectivity index (χ3v) is 6.58. The summed E-state index contributed by atoms with van der Waals surface area (Å²) < 4.78 is 6.19. The highest BCUT2D eigenvalue weighted by Gasteiger charge is 2.42. The Kier molecular flexibility index (Phi) is 5.03. The van der Waals surface area contributed by atoms with Gasteiger partial charge in [-0.05, 0) is 38.5 Å². The monoisotopic (exact) mass is 348 g/mol. The summed E-state index contributed by atoms with van der Waals surface area (Å²) >= 11 is 0. The lowest BCUT2D eigenvalue weighted by molar-refractivity contribution is -0.159. The minimum atomic E-state index is -0.0946. The van der Waals surface area contributed by atoms with Gasteiger partial charge in [0.2, 0.25) is 11.8 Å². The smallest absolute Gasteiger partial charge is 0.227 e. The summed E-state index contributed by atoms with van der Waals surface area (Å²) in [5, 5.41) is 0. The Hall–Kier alpha value is -1.10. The fraction of sp³-hybridized carbons (Fsp3) is 0.900. The van der Waals surface area contributed by atoms with E-state index in [1.165, 1.54) is 25.7 Å². The molecular formula is C20H32N2O3. The van der Waals surface area contributed by atoms with Gasteiger partial charge in [0.05, 0.1) is 18.1 Å². The van der Waals surface area contributed by atoms with Crippen molar-refractivity contribution in [3.8, 4) is 0 Å². The maximum absolute atomic E-state index is 13.2. The van der Waals surface area contributed by atoms with E-state index in [1.54, 1.807) is 0 Å². The highest BCUT2D eigenvalue weighted by atomic mass is 16.5. The van der Waals surface area contributed by atoms with Crippen LogP contribution in [-0.4, -0.2) is 60.0 Å². The van der Waals surface area contributed by atoms with E-state index in [1.807, 2.05) is 4.90 Å². The van der Waals surface area contributed by atoms with Gasteiger partial charge in [-0.3, -0.25) is 9.59 Å². The zero-order chi connectivity index (χ0) is 17.3. The first-order chi connectivity index (χ1) is 12.2. The van der Waals surface area contributed by atoms with Crippen LogP contribution in [0.25, 0.3) is 0 Å². The Morgan fingerprint density at radius 3 is 2.24 bits per heavy atom. The molecule has 2 aliphatic carbocycles. The molecule has 25 heavy (non-hydrogen) atoms. The first kappa shape index (κ1) is 17.3. The molecule has 2 heterocycles. The van der Waals surface area contributed by atoms with E-state index in [0.717, 1.165) is 51.6 Å². The van der Waals surface area contributed by atoms with Crippen molar-refractivity contribution in [1.29, 1.82) is 0 Å². The Morgan fingerprint density at radius 1 is 0.800 bits per heavy atom. The number of rotatable bonds is 2. The Morgan fingerprint density at radius 2 is 1.52 bits per heavy atom. The van der Waals surface area contributed by atoms with Crippen LogP contribution >= 0.6 is 0 Å². The highest BCUT2D eigenvalue weighted by Crippen LogP contribution is 2.35. The Bertz CT molecular complexity index is 509. The van der Waals surface area contributed by atoms with E-state index in [-0.39, 0.29) is 23.3 Å². The van der Waals surface area contributed by atoms with Gasteiger partial charge >= 0.3 is 0 Å². The molecule has 0 unspecified atom stereocenters. The number of carbonyl (C=O) groups excluding carboxylic acids is 2. The molecule has 2 aliphatic heterocycles. The SMILES string of the molecule is O=C(C1CC1)N1CCC[C@H](C(=O)N2CCOC3(CCCCCC3)C2)C1. The lowest BCUT2D eigenvalue weighted by Crippen LogP contribution is -2.56. The normalized spacial score (nSPS) is 30.2. The van der Waals surface area contributed by atoms with Crippen LogP contribution in [0.2, 0.25) is 0 Å². The zero-order valence-electron chi connectivity index (χ0n) is 15.4. The predicted molar refractivity (Wildman–Crippen MR) is 95.0 cm³/mol. The molecule has 4 aliphatic rings. The predicted octanol–water partition coefficient (Wildman–Crippen LogP) is 2.59. The van der Waals surface area contributed by atoms with Gasteiger partial charge in [-0.15, -0.1) is 0 Å². The zero-order valence-corrected chi connectivity index (χ0v) is 15.4. The van der Waals surface area contributed by atoms with Crippen LogP contribution in [0.1, 0.15) is 64.2 Å². The third-order valence-electron chi connectivity index (χ3n) is 6.58. The van der Waals surface area contributed by atoms with E-state index in [0.29, 0.717) is 25.6 Å². The van der Waals surface area contributed by atoms with Gasteiger partial charge in [0.15, 0.2) is 0 Å². The summed E-state index contributed by atoms with van der Waals surface area (Å²) in [6.45, 7) is 3.63. The first-order valence-electron chi connectivity index (χ1n) is 10.4. The fourth-order valence-electron chi connectivity index (χ4n) is 4.93. The molecule has 140 valence electrons. The van der Waals surface area contributed by atoms with E-state index in [9.17, 15) is 9.59 Å². The van der Waals surface area contributed by atoms with E-state index in [2.05, 4.69) is 4.90 Å². The fourth-order valence-corrected chi connectivity index (χ4v) is 4.93. The molecule has 0 bridgehead atoms. The molecular weight excluding hydrogens is 316 g/mol. The number of hydrogen-bond donors (Lipinski definition) is 0. The molecule has 0 aromatic carbocycles. The highest BCUT2D eigenvalue weighted by molar-refractivity contribution is 5.83. The first-order valence-corrected chi connectivity index (χ1v) is 10.4. The van der Waals surface area contributed by atoms with E-state index in [4.69, 9.17) is 4.74 Å². The second kappa shape index (κ2) is 7.26. The van der Waals surface area contributed by atoms with Gasteiger partial charge in [0.1, 0.15) is 0 Å². The number of piperidine rings is 1. The van der Waals surface area contributed by atoms with Gasteiger partial charge in [-0.2, -0.15) is 0 Å². The number of nitrogens with zero attached hydrogens (tertiary/aromatic N) is 2. The average Bonchev–Trinajstić information content (AvgIpc) is 3.49. The molecule has 2 saturated heterocycles. The molecule has 4 fully saturated rings. The van der Waals surface area contributed by atoms with Crippen molar-refractivity contribution in [2.75, 3.05) is 32.8 Å². The molecule has 1 spiro atoms. The summed E-state index contributed by atoms with van der Waals surface area (Å²) in [4.78, 5) is 29.5. The van der Waals surface area contributed by atoms with Crippen molar-refractivity contribution < 1.29 is 14.3 Å². The van der Waals surface area contributed by atoms with Gasteiger partial charge in [-0.25, -0.2) is 0 Å². The molecule has 5 heteroatoms. The van der Waals surface area contributed by atoms with Crippen LogP contribution in [0.5, 0.6) is 0 Å². The van der Waals surface area contributed by atoms with Crippen LogP contribution in [0, 0.1) is 11.8 Å². The molecule has 5 nitrogen and oxygen atoms in total. The van der Waals surface area contributed by atoms with E-state index >= 15 is 0 Å². The summed E-state index contributed by atoms with van der Waals surface area (Å²) in [5.74, 6) is 0.809. The standard InChI is InChI=1S/C20H32N2O3/c23-18(16-7-8-16)21-11-5-6-17(14-21)19(24)22-12-13-25-20(15-22)9-3-1-2-4-10-20/h16-17H,1-15H2/t17-/m0/s1. The number of hydrogen-bond acceptors (Lipinski definition) is 3. The molecule has 0 radical (unpaired) electrons. The van der Waals surface area contributed by atoms with Crippen molar-refractivity contribution in [2.24, 2.45) is 11.8 Å². The number of likely N-dealkylation sites (tertiary alicyclic amines) is 1. The molecule has 2 amide bonds. The van der Waals surface area contributed by atoms with Crippen molar-refractivity contribution in [3.05, 3.63) is 0 Å². The molecule has 1 atom stereocenters. The van der Waals surface area contributed by atoms with Crippen molar-refractivity contribution in [1.82, 2.24) is 9.80 Å². The Labute approximate surface area is 151 Å². The van der Waals surface area contributed by atoms with Crippen molar-refractivity contribution >= 4 is 11.8 Å². The lowest BCUT2D eigenvalue weighted by atomic mass is 9.90.